The molecule has 0 radical (unpaired) electrons. The zero-order chi connectivity index (χ0) is 23.1. The fourth-order valence-electron chi connectivity index (χ4n) is 3.73. The molecule has 0 aromatic heterocycles. The molecule has 8 heteroatoms. The Hall–Kier alpha value is -2.58. The Morgan fingerprint density at radius 2 is 1.75 bits per heavy atom. The van der Waals surface area contributed by atoms with E-state index in [0.29, 0.717) is 18.0 Å². The summed E-state index contributed by atoms with van der Waals surface area (Å²) in [6.45, 7) is 5.39. The number of sulfonamides is 1. The van der Waals surface area contributed by atoms with Crippen molar-refractivity contribution in [2.45, 2.75) is 45.4 Å². The van der Waals surface area contributed by atoms with E-state index in [4.69, 9.17) is 4.74 Å². The van der Waals surface area contributed by atoms with Crippen molar-refractivity contribution in [2.75, 3.05) is 30.7 Å². The molecule has 1 aliphatic rings. The molecule has 1 atom stereocenters. The van der Waals surface area contributed by atoms with Crippen molar-refractivity contribution < 1.29 is 17.9 Å². The van der Waals surface area contributed by atoms with Crippen LogP contribution in [0, 0.1) is 0 Å². The number of carbonyl (C=O) groups is 1. The fraction of sp³-hybridized carbons (Fsp3) is 0.458. The summed E-state index contributed by atoms with van der Waals surface area (Å²) in [7, 11) is -1.84. The summed E-state index contributed by atoms with van der Waals surface area (Å²) < 4.78 is 30.2. The number of hydrogen-bond donors (Lipinski definition) is 1. The highest BCUT2D eigenvalue weighted by molar-refractivity contribution is 7.92. The molecular formula is C24H33N3O4S. The summed E-state index contributed by atoms with van der Waals surface area (Å²) in [5.41, 5.74) is 2.86. The lowest BCUT2D eigenvalue weighted by molar-refractivity contribution is -0.127. The molecule has 1 aliphatic heterocycles. The van der Waals surface area contributed by atoms with Gasteiger partial charge in [-0.2, -0.15) is 0 Å². The molecule has 1 amide bonds. The van der Waals surface area contributed by atoms with Crippen molar-refractivity contribution >= 4 is 21.6 Å². The van der Waals surface area contributed by atoms with Gasteiger partial charge in [0.15, 0.2) is 6.10 Å². The van der Waals surface area contributed by atoms with Crippen molar-refractivity contribution in [2.24, 2.45) is 0 Å². The predicted octanol–water partition coefficient (Wildman–Crippen LogP) is 3.15. The molecule has 0 bridgehead atoms. The van der Waals surface area contributed by atoms with Gasteiger partial charge in [-0.25, -0.2) is 8.42 Å². The molecule has 1 fully saturated rings. The monoisotopic (exact) mass is 459 g/mol. The van der Waals surface area contributed by atoms with Crippen molar-refractivity contribution in [1.29, 1.82) is 0 Å². The van der Waals surface area contributed by atoms with E-state index in [1.165, 1.54) is 36.2 Å². The molecule has 1 heterocycles. The van der Waals surface area contributed by atoms with Crippen molar-refractivity contribution in [3.63, 3.8) is 0 Å². The van der Waals surface area contributed by atoms with E-state index in [2.05, 4.69) is 22.3 Å². The summed E-state index contributed by atoms with van der Waals surface area (Å²) in [6.07, 6.45) is 4.33. The Balaban J connectivity index is 1.50. The van der Waals surface area contributed by atoms with Gasteiger partial charge < -0.3 is 10.1 Å². The highest BCUT2D eigenvalue weighted by Crippen LogP contribution is 2.21. The standard InChI is InChI=1S/C24H33N3O4S/c1-19(31-23-12-10-22(11-13-23)26(2)32(3,29)30)24(28)25-17-20-8-7-9-21(16-20)18-27-14-5-4-6-15-27/h7-13,16,19H,4-6,14-15,17-18H2,1-3H3,(H,25,28)/t19-/m1/s1. The molecule has 0 spiro atoms. The van der Waals surface area contributed by atoms with E-state index in [1.54, 1.807) is 31.2 Å². The number of amides is 1. The number of hydrogen-bond acceptors (Lipinski definition) is 5. The van der Waals surface area contributed by atoms with Crippen LogP contribution >= 0.6 is 0 Å². The maximum atomic E-state index is 12.5. The molecular weight excluding hydrogens is 426 g/mol. The lowest BCUT2D eigenvalue weighted by Crippen LogP contribution is -2.36. The molecule has 174 valence electrons. The van der Waals surface area contributed by atoms with E-state index >= 15 is 0 Å². The van der Waals surface area contributed by atoms with Gasteiger partial charge in [0.1, 0.15) is 5.75 Å². The number of benzene rings is 2. The van der Waals surface area contributed by atoms with Crippen LogP contribution in [-0.4, -0.2) is 51.7 Å². The number of ether oxygens (including phenoxy) is 1. The SMILES string of the molecule is C[C@@H](Oc1ccc(N(C)S(C)(=O)=O)cc1)C(=O)NCc1cccc(CN2CCCCC2)c1. The average Bonchev–Trinajstić information content (AvgIpc) is 2.78. The number of likely N-dealkylation sites (tertiary alicyclic amines) is 1. The van der Waals surface area contributed by atoms with Gasteiger partial charge in [-0.3, -0.25) is 14.0 Å². The number of rotatable bonds is 9. The average molecular weight is 460 g/mol. The molecule has 0 aliphatic carbocycles. The lowest BCUT2D eigenvalue weighted by Gasteiger charge is -2.26. The minimum atomic E-state index is -3.32. The van der Waals surface area contributed by atoms with Crippen LogP contribution in [0.4, 0.5) is 5.69 Å². The highest BCUT2D eigenvalue weighted by atomic mass is 32.2. The van der Waals surface area contributed by atoms with Crippen LogP contribution in [0.15, 0.2) is 48.5 Å². The van der Waals surface area contributed by atoms with Crippen molar-refractivity contribution in [3.05, 3.63) is 59.7 Å². The van der Waals surface area contributed by atoms with Gasteiger partial charge in [-0.1, -0.05) is 30.7 Å². The largest absolute Gasteiger partial charge is 0.481 e. The van der Waals surface area contributed by atoms with Crippen molar-refractivity contribution in [1.82, 2.24) is 10.2 Å². The summed E-state index contributed by atoms with van der Waals surface area (Å²) >= 11 is 0. The number of carbonyl (C=O) groups excluding carboxylic acids is 1. The third-order valence-corrected chi connectivity index (χ3v) is 6.90. The van der Waals surface area contributed by atoms with Gasteiger partial charge in [0, 0.05) is 20.1 Å². The molecule has 1 N–H and O–H groups in total. The van der Waals surface area contributed by atoms with E-state index in [1.807, 2.05) is 12.1 Å². The van der Waals surface area contributed by atoms with E-state index in [9.17, 15) is 13.2 Å². The van der Waals surface area contributed by atoms with Gasteiger partial charge in [0.25, 0.3) is 5.91 Å². The summed E-state index contributed by atoms with van der Waals surface area (Å²) in [5, 5.41) is 2.93. The van der Waals surface area contributed by atoms with Crippen LogP contribution in [0.2, 0.25) is 0 Å². The molecule has 32 heavy (non-hydrogen) atoms. The lowest BCUT2D eigenvalue weighted by atomic mass is 10.1. The first kappa shape index (κ1) is 24.1. The van der Waals surface area contributed by atoms with Gasteiger partial charge in [0.05, 0.1) is 11.9 Å². The van der Waals surface area contributed by atoms with E-state index in [-0.39, 0.29) is 5.91 Å². The molecule has 7 nitrogen and oxygen atoms in total. The van der Waals surface area contributed by atoms with Crippen LogP contribution in [0.1, 0.15) is 37.3 Å². The minimum Gasteiger partial charge on any atom is -0.481 e. The molecule has 1 saturated heterocycles. The maximum Gasteiger partial charge on any atom is 0.261 e. The smallest absolute Gasteiger partial charge is 0.261 e. The zero-order valence-electron chi connectivity index (χ0n) is 19.1. The van der Waals surface area contributed by atoms with Crippen LogP contribution in [0.25, 0.3) is 0 Å². The first-order chi connectivity index (χ1) is 15.2. The number of piperidine rings is 1. The minimum absolute atomic E-state index is 0.205. The Morgan fingerprint density at radius 1 is 1.09 bits per heavy atom. The molecule has 3 rings (SSSR count). The number of anilines is 1. The number of nitrogens with one attached hydrogen (secondary N) is 1. The summed E-state index contributed by atoms with van der Waals surface area (Å²) in [5.74, 6) is 0.297. The molecule has 2 aromatic rings. The summed E-state index contributed by atoms with van der Waals surface area (Å²) in [6, 6.07) is 15.0. The van der Waals surface area contributed by atoms with Gasteiger partial charge in [-0.15, -0.1) is 0 Å². The Morgan fingerprint density at radius 3 is 2.41 bits per heavy atom. The Kier molecular flexibility index (Phi) is 8.15. The third kappa shape index (κ3) is 6.97. The van der Waals surface area contributed by atoms with Gasteiger partial charge in [0.2, 0.25) is 10.0 Å². The second kappa shape index (κ2) is 10.8. The quantitative estimate of drug-likeness (QED) is 0.623. The number of nitrogens with zero attached hydrogens (tertiary/aromatic N) is 2. The fourth-order valence-corrected chi connectivity index (χ4v) is 4.24. The predicted molar refractivity (Wildman–Crippen MR) is 127 cm³/mol. The second-order valence-corrected chi connectivity index (χ2v) is 10.4. The normalized spacial score (nSPS) is 15.7. The Bertz CT molecular complexity index is 1000. The highest BCUT2D eigenvalue weighted by Gasteiger charge is 2.16. The van der Waals surface area contributed by atoms with Gasteiger partial charge in [-0.05, 0) is 68.2 Å². The second-order valence-electron chi connectivity index (χ2n) is 8.36. The Labute approximate surface area is 191 Å². The zero-order valence-corrected chi connectivity index (χ0v) is 19.9. The topological polar surface area (TPSA) is 78.9 Å². The van der Waals surface area contributed by atoms with Gasteiger partial charge >= 0.3 is 0 Å². The van der Waals surface area contributed by atoms with Crippen LogP contribution in [0.5, 0.6) is 5.75 Å². The summed E-state index contributed by atoms with van der Waals surface area (Å²) in [4.78, 5) is 15.0. The first-order valence-corrected chi connectivity index (χ1v) is 12.9. The van der Waals surface area contributed by atoms with Crippen molar-refractivity contribution in [3.8, 4) is 5.75 Å². The maximum absolute atomic E-state index is 12.5. The first-order valence-electron chi connectivity index (χ1n) is 11.0. The van der Waals surface area contributed by atoms with Crippen LogP contribution in [0.3, 0.4) is 0 Å². The molecule has 0 saturated carbocycles. The van der Waals surface area contributed by atoms with E-state index < -0.39 is 16.1 Å². The van der Waals surface area contributed by atoms with E-state index in [0.717, 1.165) is 31.5 Å². The third-order valence-electron chi connectivity index (χ3n) is 5.69. The molecule has 2 aromatic carbocycles. The van der Waals surface area contributed by atoms with Crippen LogP contribution in [-0.2, 0) is 27.9 Å². The molecule has 0 unspecified atom stereocenters. The van der Waals surface area contributed by atoms with Crippen LogP contribution < -0.4 is 14.4 Å².